The van der Waals surface area contributed by atoms with E-state index in [2.05, 4.69) is 15.9 Å². The number of carbonyl (C=O) groups is 1. The Kier molecular flexibility index (Phi) is 2.67. The summed E-state index contributed by atoms with van der Waals surface area (Å²) in [7, 11) is 0. The van der Waals surface area contributed by atoms with Gasteiger partial charge in [-0.1, -0.05) is 15.9 Å². The number of ketones is 1. The standard InChI is InChI=1S/C14H8BrFO2/c15-9-1-3-11-8(5-9)7-18-13-4-2-10(16)6-12(13)14(11)17/h1-6H,7H2. The summed E-state index contributed by atoms with van der Waals surface area (Å²) in [4.78, 5) is 12.3. The van der Waals surface area contributed by atoms with Gasteiger partial charge in [-0.2, -0.15) is 0 Å². The summed E-state index contributed by atoms with van der Waals surface area (Å²) in [6.07, 6.45) is 0. The summed E-state index contributed by atoms with van der Waals surface area (Å²) >= 11 is 3.36. The number of rotatable bonds is 0. The molecule has 1 aliphatic rings. The molecule has 0 fully saturated rings. The van der Waals surface area contributed by atoms with E-state index in [0.29, 0.717) is 17.9 Å². The van der Waals surface area contributed by atoms with Crippen LogP contribution in [0.4, 0.5) is 4.39 Å². The monoisotopic (exact) mass is 306 g/mol. The molecule has 0 radical (unpaired) electrons. The molecule has 1 heterocycles. The summed E-state index contributed by atoms with van der Waals surface area (Å²) in [5.74, 6) is -0.218. The molecule has 0 aliphatic carbocycles. The van der Waals surface area contributed by atoms with E-state index in [9.17, 15) is 9.18 Å². The minimum atomic E-state index is -0.439. The van der Waals surface area contributed by atoms with Gasteiger partial charge >= 0.3 is 0 Å². The lowest BCUT2D eigenvalue weighted by atomic mass is 9.99. The summed E-state index contributed by atoms with van der Waals surface area (Å²) in [6.45, 7) is 0.305. The third-order valence-electron chi connectivity index (χ3n) is 2.88. The van der Waals surface area contributed by atoms with E-state index in [1.54, 1.807) is 12.1 Å². The zero-order valence-electron chi connectivity index (χ0n) is 9.24. The molecule has 0 unspecified atom stereocenters. The van der Waals surface area contributed by atoms with Crippen molar-refractivity contribution < 1.29 is 13.9 Å². The van der Waals surface area contributed by atoms with Crippen molar-refractivity contribution in [3.63, 3.8) is 0 Å². The lowest BCUT2D eigenvalue weighted by molar-refractivity contribution is 0.103. The van der Waals surface area contributed by atoms with Gasteiger partial charge in [0.15, 0.2) is 5.78 Å². The van der Waals surface area contributed by atoms with Gasteiger partial charge in [-0.05, 0) is 36.4 Å². The second-order valence-electron chi connectivity index (χ2n) is 4.06. The normalized spacial score (nSPS) is 13.3. The second-order valence-corrected chi connectivity index (χ2v) is 4.98. The third kappa shape index (κ3) is 1.82. The molecule has 0 spiro atoms. The van der Waals surface area contributed by atoms with Crippen LogP contribution in [0.2, 0.25) is 0 Å². The molecule has 0 bridgehead atoms. The predicted octanol–water partition coefficient (Wildman–Crippen LogP) is 3.71. The van der Waals surface area contributed by atoms with E-state index < -0.39 is 5.82 Å². The van der Waals surface area contributed by atoms with Crippen molar-refractivity contribution in [1.29, 1.82) is 0 Å². The average Bonchev–Trinajstić information content (AvgIpc) is 2.48. The number of carbonyl (C=O) groups excluding carboxylic acids is 1. The van der Waals surface area contributed by atoms with Gasteiger partial charge < -0.3 is 4.74 Å². The molecular weight excluding hydrogens is 299 g/mol. The van der Waals surface area contributed by atoms with E-state index in [-0.39, 0.29) is 11.3 Å². The van der Waals surface area contributed by atoms with Crippen molar-refractivity contribution in [1.82, 2.24) is 0 Å². The van der Waals surface area contributed by atoms with Crippen LogP contribution in [0, 0.1) is 5.82 Å². The van der Waals surface area contributed by atoms with Crippen LogP contribution in [0.25, 0.3) is 0 Å². The summed E-state index contributed by atoms with van der Waals surface area (Å²) in [6, 6.07) is 9.36. The van der Waals surface area contributed by atoms with Crippen LogP contribution in [0.15, 0.2) is 40.9 Å². The number of benzene rings is 2. The second kappa shape index (κ2) is 4.21. The van der Waals surface area contributed by atoms with Crippen LogP contribution in [0.3, 0.4) is 0 Å². The molecule has 2 aromatic carbocycles. The maximum atomic E-state index is 13.2. The minimum absolute atomic E-state index is 0.204. The predicted molar refractivity (Wildman–Crippen MR) is 68.3 cm³/mol. The van der Waals surface area contributed by atoms with Gasteiger partial charge in [-0.3, -0.25) is 4.79 Å². The van der Waals surface area contributed by atoms with Crippen LogP contribution in [0.5, 0.6) is 5.75 Å². The Hall–Kier alpha value is -1.68. The van der Waals surface area contributed by atoms with Gasteiger partial charge in [0, 0.05) is 15.6 Å². The fourth-order valence-electron chi connectivity index (χ4n) is 2.01. The van der Waals surface area contributed by atoms with Gasteiger partial charge in [0.1, 0.15) is 18.2 Å². The Labute approximate surface area is 112 Å². The molecule has 18 heavy (non-hydrogen) atoms. The van der Waals surface area contributed by atoms with Crippen molar-refractivity contribution >= 4 is 21.7 Å². The highest BCUT2D eigenvalue weighted by Crippen LogP contribution is 2.30. The fourth-order valence-corrected chi connectivity index (χ4v) is 2.42. The molecular formula is C14H8BrFO2. The molecule has 0 N–H and O–H groups in total. The van der Waals surface area contributed by atoms with Crippen LogP contribution in [0.1, 0.15) is 21.5 Å². The fraction of sp³-hybridized carbons (Fsp3) is 0.0714. The number of hydrogen-bond donors (Lipinski definition) is 0. The molecule has 0 aromatic heterocycles. The first-order chi connectivity index (χ1) is 8.65. The van der Waals surface area contributed by atoms with E-state index >= 15 is 0 Å². The Balaban J connectivity index is 2.20. The topological polar surface area (TPSA) is 26.3 Å². The maximum Gasteiger partial charge on any atom is 0.197 e. The number of halogens is 2. The highest BCUT2D eigenvalue weighted by Gasteiger charge is 2.22. The maximum absolute atomic E-state index is 13.2. The van der Waals surface area contributed by atoms with E-state index in [0.717, 1.165) is 10.0 Å². The Morgan fingerprint density at radius 3 is 2.78 bits per heavy atom. The number of fused-ring (bicyclic) bond motifs is 2. The zero-order chi connectivity index (χ0) is 12.7. The van der Waals surface area contributed by atoms with Gasteiger partial charge in [-0.25, -0.2) is 4.39 Å². The minimum Gasteiger partial charge on any atom is -0.488 e. The number of ether oxygens (including phenoxy) is 1. The first kappa shape index (κ1) is 11.4. The van der Waals surface area contributed by atoms with Crippen molar-refractivity contribution in [2.24, 2.45) is 0 Å². The average molecular weight is 307 g/mol. The molecule has 1 aliphatic heterocycles. The number of hydrogen-bond acceptors (Lipinski definition) is 2. The van der Waals surface area contributed by atoms with Crippen LogP contribution in [-0.4, -0.2) is 5.78 Å². The van der Waals surface area contributed by atoms with Crippen molar-refractivity contribution in [3.05, 3.63) is 63.4 Å². The highest BCUT2D eigenvalue weighted by molar-refractivity contribution is 9.10. The van der Waals surface area contributed by atoms with E-state index in [4.69, 9.17) is 4.74 Å². The Bertz CT molecular complexity index is 652. The molecule has 0 saturated heterocycles. The van der Waals surface area contributed by atoms with Gasteiger partial charge in [0.05, 0.1) is 5.56 Å². The largest absolute Gasteiger partial charge is 0.488 e. The highest BCUT2D eigenvalue weighted by atomic mass is 79.9. The molecule has 90 valence electrons. The smallest absolute Gasteiger partial charge is 0.197 e. The summed E-state index contributed by atoms with van der Waals surface area (Å²) < 4.78 is 19.7. The van der Waals surface area contributed by atoms with Crippen LogP contribution < -0.4 is 4.74 Å². The van der Waals surface area contributed by atoms with Crippen molar-refractivity contribution in [2.45, 2.75) is 6.61 Å². The molecule has 0 saturated carbocycles. The first-order valence-corrected chi connectivity index (χ1v) is 6.20. The molecule has 2 nitrogen and oxygen atoms in total. The van der Waals surface area contributed by atoms with E-state index in [1.807, 2.05) is 6.07 Å². The van der Waals surface area contributed by atoms with Gasteiger partial charge in [0.2, 0.25) is 0 Å². The van der Waals surface area contributed by atoms with Crippen molar-refractivity contribution in [3.8, 4) is 5.75 Å². The summed E-state index contributed by atoms with van der Waals surface area (Å²) in [5, 5.41) is 0. The van der Waals surface area contributed by atoms with Crippen LogP contribution in [-0.2, 0) is 6.61 Å². The summed E-state index contributed by atoms with van der Waals surface area (Å²) in [5.41, 5.74) is 1.63. The molecule has 3 rings (SSSR count). The first-order valence-electron chi connectivity index (χ1n) is 5.40. The van der Waals surface area contributed by atoms with E-state index in [1.165, 1.54) is 18.2 Å². The van der Waals surface area contributed by atoms with Crippen molar-refractivity contribution in [2.75, 3.05) is 0 Å². The molecule has 0 amide bonds. The Morgan fingerprint density at radius 1 is 1.11 bits per heavy atom. The SMILES string of the molecule is O=C1c2ccc(Br)cc2COc2ccc(F)cc21. The van der Waals surface area contributed by atoms with Crippen LogP contribution >= 0.6 is 15.9 Å². The lowest BCUT2D eigenvalue weighted by Crippen LogP contribution is -2.03. The Morgan fingerprint density at radius 2 is 1.94 bits per heavy atom. The van der Waals surface area contributed by atoms with Gasteiger partial charge in [0.25, 0.3) is 0 Å². The third-order valence-corrected chi connectivity index (χ3v) is 3.37. The molecule has 4 heteroatoms. The lowest BCUT2D eigenvalue weighted by Gasteiger charge is -2.05. The van der Waals surface area contributed by atoms with Gasteiger partial charge in [-0.15, -0.1) is 0 Å². The zero-order valence-corrected chi connectivity index (χ0v) is 10.8. The molecule has 2 aromatic rings. The quantitative estimate of drug-likeness (QED) is 0.741. The molecule has 0 atom stereocenters.